The molecule has 7 fully saturated rings. The molecule has 102 heavy (non-hydrogen) atoms. The molecule has 4 aliphatic carbocycles. The van der Waals surface area contributed by atoms with E-state index in [9.17, 15) is 46.3 Å². The van der Waals surface area contributed by atoms with E-state index in [4.69, 9.17) is 4.74 Å². The molecule has 0 aromatic carbocycles. The Morgan fingerprint density at radius 1 is 0.637 bits per heavy atom. The smallest absolute Gasteiger partial charge is 0.377 e. The van der Waals surface area contributed by atoms with Crippen LogP contribution in [0.2, 0.25) is 0 Å². The van der Waals surface area contributed by atoms with Gasteiger partial charge in [0.05, 0.1) is 25.6 Å². The minimum Gasteiger partial charge on any atom is -0.377 e. The molecule has 7 aliphatic rings. The molecule has 3 N–H and O–H groups in total. The van der Waals surface area contributed by atoms with Crippen molar-refractivity contribution in [3.63, 3.8) is 0 Å². The minimum atomic E-state index is -5.18. The standard InChI is InChI=1S/C71H112F6N12O13/c1-13-41(3)59-67(99)83(8)40-57(92)85(10)51-23-16-15-19-32-88(66(51)98)54(35-43-24-27-46(72)28-25-43)65(97)82(7)39-55(90)78-50(29-26-44-33-48(73)58(49(74)34-44)71(75,76)77)63(95)89-38-47(102-14-2)36-52(89)62(94)80-70(30-20-31-70)69(101)87(12)60(45-21-17-18-22-45)68(100)86(11)53(64(96)81(5)6)37-56(91)84(9)42(4)61(93)79-59/h41-54,58-60H,13-40H2,1-12H3,(H,78,90)(H,79,93)(H,80,94)/t41-,42-,43?,44?,46?,47+,48?,49?,50-,51-,52-,53-,54-,58?,59-,60-/m0/s1. The van der Waals surface area contributed by atoms with Crippen LogP contribution in [0.1, 0.15) is 175 Å². The first-order valence-electron chi connectivity index (χ1n) is 36.9. The number of halogens is 6. The molecule has 3 saturated heterocycles. The second kappa shape index (κ2) is 35.8. The molecule has 3 aliphatic heterocycles. The Bertz CT molecular complexity index is 2990. The Balaban J connectivity index is 1.30. The first-order chi connectivity index (χ1) is 48.0. The molecule has 0 aromatic rings. The summed E-state index contributed by atoms with van der Waals surface area (Å²) in [5, 5.41) is 8.40. The fraction of sp³-hybridized carbons (Fsp3) is 0.831. The van der Waals surface area contributed by atoms with Crippen molar-refractivity contribution >= 4 is 70.9 Å². The number of hydrogen-bond acceptors (Lipinski definition) is 13. The largest absolute Gasteiger partial charge is 0.397 e. The van der Waals surface area contributed by atoms with Crippen LogP contribution in [0, 0.1) is 29.6 Å². The molecule has 7 rings (SSSR count). The third kappa shape index (κ3) is 19.6. The highest BCUT2D eigenvalue weighted by Crippen LogP contribution is 2.45. The number of amides is 12. The Kier molecular flexibility index (Phi) is 28.9. The molecule has 2 unspecified atom stereocenters. The first kappa shape index (κ1) is 82.5. The molecular formula is C71H112F6N12O13. The molecule has 12 amide bonds. The van der Waals surface area contributed by atoms with E-state index in [0.717, 1.165) is 24.5 Å². The molecule has 0 radical (unpaired) electrons. The lowest BCUT2D eigenvalue weighted by Crippen LogP contribution is -2.68. The van der Waals surface area contributed by atoms with E-state index >= 15 is 37.5 Å². The van der Waals surface area contributed by atoms with Gasteiger partial charge in [0.2, 0.25) is 70.9 Å². The lowest BCUT2D eigenvalue weighted by molar-refractivity contribution is -0.219. The molecule has 0 aromatic heterocycles. The van der Waals surface area contributed by atoms with E-state index in [1.165, 1.54) is 82.9 Å². The summed E-state index contributed by atoms with van der Waals surface area (Å²) in [6, 6.07) is -10.7. The highest BCUT2D eigenvalue weighted by Gasteiger charge is 2.56. The number of rotatable bonds is 11. The summed E-state index contributed by atoms with van der Waals surface area (Å²) in [6.45, 7) is 5.19. The van der Waals surface area contributed by atoms with Gasteiger partial charge in [0.15, 0.2) is 0 Å². The summed E-state index contributed by atoms with van der Waals surface area (Å²) < 4.78 is 93.4. The molecule has 31 heteroatoms. The normalized spacial score (nSPS) is 32.8. The zero-order valence-corrected chi connectivity index (χ0v) is 61.7. The van der Waals surface area contributed by atoms with Crippen LogP contribution in [0.25, 0.3) is 0 Å². The fourth-order valence-electron chi connectivity index (χ4n) is 16.3. The van der Waals surface area contributed by atoms with Crippen LogP contribution in [0.3, 0.4) is 0 Å². The van der Waals surface area contributed by atoms with Crippen LogP contribution < -0.4 is 16.0 Å². The predicted octanol–water partition coefficient (Wildman–Crippen LogP) is 4.71. The lowest BCUT2D eigenvalue weighted by Gasteiger charge is -2.46. The maximum absolute atomic E-state index is 15.5. The van der Waals surface area contributed by atoms with Crippen LogP contribution in [-0.2, 0) is 62.3 Å². The number of alkyl halides is 6. The Labute approximate surface area is 596 Å². The zero-order valence-electron chi connectivity index (χ0n) is 61.7. The average Bonchev–Trinajstić information content (AvgIpc) is 1.18. The fourth-order valence-corrected chi connectivity index (χ4v) is 16.3. The molecule has 25 nitrogen and oxygen atoms in total. The van der Waals surface area contributed by atoms with Crippen molar-refractivity contribution in [1.29, 1.82) is 0 Å². The number of carbonyl (C=O) groups excluding carboxylic acids is 12. The van der Waals surface area contributed by atoms with E-state index in [1.807, 2.05) is 0 Å². The quantitative estimate of drug-likeness (QED) is 0.237. The maximum Gasteiger partial charge on any atom is 0.397 e. The Hall–Kier alpha value is -6.82. The minimum absolute atomic E-state index is 0.0346. The number of carbonyl (C=O) groups is 12. The van der Waals surface area contributed by atoms with Gasteiger partial charge in [0.25, 0.3) is 0 Å². The van der Waals surface area contributed by atoms with Gasteiger partial charge in [0.1, 0.15) is 78.3 Å². The topological polar surface area (TPSA) is 279 Å². The van der Waals surface area contributed by atoms with Gasteiger partial charge < -0.3 is 64.8 Å². The van der Waals surface area contributed by atoms with E-state index in [-0.39, 0.29) is 77.0 Å². The van der Waals surface area contributed by atoms with Gasteiger partial charge in [-0.2, -0.15) is 13.2 Å². The van der Waals surface area contributed by atoms with Crippen molar-refractivity contribution in [2.24, 2.45) is 29.6 Å². The lowest BCUT2D eigenvalue weighted by atomic mass is 9.74. The molecule has 576 valence electrons. The van der Waals surface area contributed by atoms with E-state index in [1.54, 1.807) is 20.8 Å². The summed E-state index contributed by atoms with van der Waals surface area (Å²) >= 11 is 0. The second-order valence-corrected chi connectivity index (χ2v) is 30.4. The van der Waals surface area contributed by atoms with Gasteiger partial charge in [-0.1, -0.05) is 46.0 Å². The maximum atomic E-state index is 15.5. The highest BCUT2D eigenvalue weighted by atomic mass is 19.4. The number of nitrogens with zero attached hydrogens (tertiary/aromatic N) is 9. The summed E-state index contributed by atoms with van der Waals surface area (Å²) in [6.07, 6.45) is -9.06. The van der Waals surface area contributed by atoms with Crippen LogP contribution in [-0.4, -0.2) is 289 Å². The molecule has 2 bridgehead atoms. The van der Waals surface area contributed by atoms with E-state index in [0.29, 0.717) is 70.6 Å². The molecule has 12 atom stereocenters. The zero-order chi connectivity index (χ0) is 75.6. The second-order valence-electron chi connectivity index (χ2n) is 30.4. The van der Waals surface area contributed by atoms with Crippen molar-refractivity contribution in [3.8, 4) is 0 Å². The van der Waals surface area contributed by atoms with Crippen molar-refractivity contribution in [3.05, 3.63) is 0 Å². The van der Waals surface area contributed by atoms with Crippen LogP contribution >= 0.6 is 0 Å². The predicted molar refractivity (Wildman–Crippen MR) is 363 cm³/mol. The summed E-state index contributed by atoms with van der Waals surface area (Å²) in [4.78, 5) is 190. The van der Waals surface area contributed by atoms with E-state index < -0.39 is 218 Å². The van der Waals surface area contributed by atoms with E-state index in [2.05, 4.69) is 16.0 Å². The number of fused-ring (bicyclic) bond motifs is 3. The number of nitrogens with one attached hydrogen (secondary N) is 3. The van der Waals surface area contributed by atoms with Gasteiger partial charge in [0, 0.05) is 82.5 Å². The summed E-state index contributed by atoms with van der Waals surface area (Å²) in [5.74, 6) is -14.0. The third-order valence-corrected chi connectivity index (χ3v) is 23.2. The Morgan fingerprint density at radius 2 is 1.25 bits per heavy atom. The van der Waals surface area contributed by atoms with Gasteiger partial charge in [-0.25, -0.2) is 13.2 Å². The number of ether oxygens (including phenoxy) is 1. The Morgan fingerprint density at radius 3 is 1.83 bits per heavy atom. The number of hydrogen-bond donors (Lipinski definition) is 3. The van der Waals surface area contributed by atoms with Gasteiger partial charge >= 0.3 is 6.18 Å². The molecular weight excluding hydrogens is 1340 g/mol. The third-order valence-electron chi connectivity index (χ3n) is 23.2. The molecule has 3 heterocycles. The van der Waals surface area contributed by atoms with Crippen LogP contribution in [0.15, 0.2) is 0 Å². The highest BCUT2D eigenvalue weighted by molar-refractivity contribution is 6.01. The van der Waals surface area contributed by atoms with Crippen LogP contribution in [0.4, 0.5) is 26.3 Å². The van der Waals surface area contributed by atoms with Crippen molar-refractivity contribution in [2.45, 2.75) is 260 Å². The van der Waals surface area contributed by atoms with Crippen molar-refractivity contribution < 1.29 is 88.6 Å². The summed E-state index contributed by atoms with van der Waals surface area (Å²) in [7, 11) is 11.1. The van der Waals surface area contributed by atoms with Gasteiger partial charge in [-0.15, -0.1) is 0 Å². The molecule has 4 saturated carbocycles. The van der Waals surface area contributed by atoms with Gasteiger partial charge in [-0.3, -0.25) is 57.5 Å². The summed E-state index contributed by atoms with van der Waals surface area (Å²) in [5.41, 5.74) is -1.65. The van der Waals surface area contributed by atoms with Crippen LogP contribution in [0.5, 0.6) is 0 Å². The average molecular weight is 1460 g/mol. The first-order valence-corrected chi connectivity index (χ1v) is 36.9. The monoisotopic (exact) mass is 1450 g/mol. The number of likely N-dealkylation sites (N-methyl/N-ethyl adjacent to an activating group) is 7. The van der Waals surface area contributed by atoms with Crippen molar-refractivity contribution in [1.82, 2.24) is 60.0 Å². The SMILES string of the molecule is CCO[C@@H]1C[C@H]2C(=O)NC3(CCC3)C(=O)N(C)[C@@H](C3CCCC3)C(=O)N(C)[C@H](C(=O)N(C)C)CC(=O)N(C)[C@@H](C)C(=O)N[C@@H]([C@@H](C)CC)C(=O)N(C)CC(=O)N(C)[C@H]3CCCCCN(C3=O)[C@@H](CC3CCC(F)CC3)C(=O)N(C)CC(=O)N[C@@H](CCC3CC(F)C(C(F)(F)F)C(F)C3)C(=O)N2C1. The van der Waals surface area contributed by atoms with Gasteiger partial charge in [-0.05, 0) is 140 Å². The molecule has 1 spiro atoms. The van der Waals surface area contributed by atoms with Crippen molar-refractivity contribution in [2.75, 3.05) is 89.2 Å².